The summed E-state index contributed by atoms with van der Waals surface area (Å²) in [6.07, 6.45) is 2.68. The van der Waals surface area contributed by atoms with Gasteiger partial charge in [0.2, 0.25) is 11.8 Å². The molecule has 0 aliphatic carbocycles. The number of rotatable bonds is 6. The lowest BCUT2D eigenvalue weighted by molar-refractivity contribution is -0.133. The van der Waals surface area contributed by atoms with Gasteiger partial charge in [-0.25, -0.2) is 0 Å². The van der Waals surface area contributed by atoms with E-state index in [2.05, 4.69) is 48.3 Å². The molecule has 1 unspecified atom stereocenters. The third kappa shape index (κ3) is 5.32. The molecule has 2 aliphatic rings. The quantitative estimate of drug-likeness (QED) is 0.837. The Morgan fingerprint density at radius 3 is 2.37 bits per heavy atom. The molecule has 0 bridgehead atoms. The third-order valence-electron chi connectivity index (χ3n) is 6.01. The van der Waals surface area contributed by atoms with E-state index in [1.165, 1.54) is 11.1 Å². The molecule has 2 amide bonds. The molecule has 1 aromatic carbocycles. The first-order valence-electron chi connectivity index (χ1n) is 10.2. The zero-order valence-corrected chi connectivity index (χ0v) is 17.0. The van der Waals surface area contributed by atoms with Gasteiger partial charge >= 0.3 is 0 Å². The number of hydrogen-bond acceptors (Lipinski definition) is 3. The molecule has 2 aliphatic heterocycles. The highest BCUT2D eigenvalue weighted by Gasteiger charge is 2.33. The molecule has 5 heteroatoms. The van der Waals surface area contributed by atoms with Crippen LogP contribution in [-0.2, 0) is 16.1 Å². The molecule has 2 heterocycles. The van der Waals surface area contributed by atoms with Gasteiger partial charge in [-0.1, -0.05) is 38.1 Å². The second-order valence-electron chi connectivity index (χ2n) is 8.66. The highest BCUT2D eigenvalue weighted by atomic mass is 16.2. The molecule has 2 fully saturated rings. The molecule has 2 saturated heterocycles. The molecule has 0 radical (unpaired) electrons. The minimum atomic E-state index is -0.198. The van der Waals surface area contributed by atoms with Crippen LogP contribution in [0.2, 0.25) is 0 Å². The van der Waals surface area contributed by atoms with Crippen LogP contribution in [0.25, 0.3) is 0 Å². The van der Waals surface area contributed by atoms with Crippen LogP contribution in [0, 0.1) is 0 Å². The minimum Gasteiger partial charge on any atom is -0.351 e. The Morgan fingerprint density at radius 1 is 1.15 bits per heavy atom. The summed E-state index contributed by atoms with van der Waals surface area (Å²) in [4.78, 5) is 28.4. The SMILES string of the molecule is CC(C)c1ccc(CN2CCN(C(=O)CCC3(C)CCC(=O)N3)CC2)cc1. The Hall–Kier alpha value is -1.88. The van der Waals surface area contributed by atoms with E-state index < -0.39 is 0 Å². The van der Waals surface area contributed by atoms with Crippen LogP contribution in [0.1, 0.15) is 63.5 Å². The fraction of sp³-hybridized carbons (Fsp3) is 0.636. The largest absolute Gasteiger partial charge is 0.351 e. The summed E-state index contributed by atoms with van der Waals surface area (Å²) in [5, 5.41) is 3.02. The molecule has 0 aromatic heterocycles. The maximum Gasteiger partial charge on any atom is 0.222 e. The number of hydrogen-bond donors (Lipinski definition) is 1. The molecule has 5 nitrogen and oxygen atoms in total. The topological polar surface area (TPSA) is 52.7 Å². The number of benzene rings is 1. The first-order valence-corrected chi connectivity index (χ1v) is 10.2. The minimum absolute atomic E-state index is 0.111. The van der Waals surface area contributed by atoms with Crippen LogP contribution in [0.15, 0.2) is 24.3 Å². The van der Waals surface area contributed by atoms with Crippen LogP contribution < -0.4 is 5.32 Å². The van der Waals surface area contributed by atoms with E-state index in [9.17, 15) is 9.59 Å². The molecule has 0 saturated carbocycles. The van der Waals surface area contributed by atoms with Crippen molar-refractivity contribution in [3.05, 3.63) is 35.4 Å². The Morgan fingerprint density at radius 2 is 1.81 bits per heavy atom. The summed E-state index contributed by atoms with van der Waals surface area (Å²) in [7, 11) is 0. The number of nitrogens with one attached hydrogen (secondary N) is 1. The molecule has 3 rings (SSSR count). The predicted octanol–water partition coefficient (Wildman–Crippen LogP) is 2.90. The maximum atomic E-state index is 12.5. The van der Waals surface area contributed by atoms with E-state index in [1.54, 1.807) is 0 Å². The van der Waals surface area contributed by atoms with E-state index in [1.807, 2.05) is 11.8 Å². The number of carbonyl (C=O) groups excluding carboxylic acids is 2. The van der Waals surface area contributed by atoms with E-state index >= 15 is 0 Å². The number of nitrogens with zero attached hydrogens (tertiary/aromatic N) is 2. The van der Waals surface area contributed by atoms with Crippen molar-refractivity contribution >= 4 is 11.8 Å². The molecule has 148 valence electrons. The molecule has 1 atom stereocenters. The Balaban J connectivity index is 1.41. The first-order chi connectivity index (χ1) is 12.8. The molecule has 1 N–H and O–H groups in total. The number of amides is 2. The zero-order valence-electron chi connectivity index (χ0n) is 17.0. The average molecular weight is 372 g/mol. The van der Waals surface area contributed by atoms with E-state index in [0.29, 0.717) is 18.8 Å². The Labute approximate surface area is 163 Å². The molecular weight excluding hydrogens is 338 g/mol. The lowest BCUT2D eigenvalue weighted by atomic mass is 9.94. The normalized spacial score (nSPS) is 23.7. The van der Waals surface area contributed by atoms with Gasteiger partial charge in [-0.3, -0.25) is 14.5 Å². The lowest BCUT2D eigenvalue weighted by Gasteiger charge is -2.35. The van der Waals surface area contributed by atoms with Gasteiger partial charge in [-0.05, 0) is 36.8 Å². The van der Waals surface area contributed by atoms with Crippen molar-refractivity contribution in [1.82, 2.24) is 15.1 Å². The fourth-order valence-corrected chi connectivity index (χ4v) is 4.00. The summed E-state index contributed by atoms with van der Waals surface area (Å²) in [5.74, 6) is 0.895. The van der Waals surface area contributed by atoms with Gasteiger partial charge in [0.05, 0.1) is 0 Å². The number of carbonyl (C=O) groups is 2. The summed E-state index contributed by atoms with van der Waals surface area (Å²) in [5.41, 5.74) is 2.52. The van der Waals surface area contributed by atoms with E-state index in [4.69, 9.17) is 0 Å². The van der Waals surface area contributed by atoms with Gasteiger partial charge < -0.3 is 10.2 Å². The van der Waals surface area contributed by atoms with Gasteiger partial charge in [0.15, 0.2) is 0 Å². The van der Waals surface area contributed by atoms with Crippen LogP contribution in [0.4, 0.5) is 0 Å². The second kappa shape index (κ2) is 8.42. The number of piperazine rings is 1. The smallest absolute Gasteiger partial charge is 0.222 e. The van der Waals surface area contributed by atoms with Crippen molar-refractivity contribution < 1.29 is 9.59 Å². The van der Waals surface area contributed by atoms with Crippen LogP contribution in [0.5, 0.6) is 0 Å². The standard InChI is InChI=1S/C22H33N3O2/c1-17(2)19-6-4-18(5-7-19)16-24-12-14-25(15-13-24)21(27)9-11-22(3)10-8-20(26)23-22/h4-7,17H,8-16H2,1-3H3,(H,23,26). The predicted molar refractivity (Wildman–Crippen MR) is 107 cm³/mol. The highest BCUT2D eigenvalue weighted by molar-refractivity contribution is 5.80. The van der Waals surface area contributed by atoms with Crippen LogP contribution in [-0.4, -0.2) is 53.3 Å². The zero-order chi connectivity index (χ0) is 19.4. The van der Waals surface area contributed by atoms with Gasteiger partial charge in [0, 0.05) is 51.1 Å². The maximum absolute atomic E-state index is 12.5. The summed E-state index contributed by atoms with van der Waals surface area (Å²) >= 11 is 0. The van der Waals surface area contributed by atoms with E-state index in [-0.39, 0.29) is 17.4 Å². The van der Waals surface area contributed by atoms with E-state index in [0.717, 1.165) is 45.6 Å². The average Bonchev–Trinajstić information content (AvgIpc) is 3.00. The first kappa shape index (κ1) is 19.9. The summed E-state index contributed by atoms with van der Waals surface area (Å²) < 4.78 is 0. The van der Waals surface area contributed by atoms with Gasteiger partial charge in [-0.2, -0.15) is 0 Å². The van der Waals surface area contributed by atoms with Crippen molar-refractivity contribution in [2.75, 3.05) is 26.2 Å². The lowest BCUT2D eigenvalue weighted by Crippen LogP contribution is -2.49. The Kier molecular flexibility index (Phi) is 6.20. The van der Waals surface area contributed by atoms with Gasteiger partial charge in [0.25, 0.3) is 0 Å². The second-order valence-corrected chi connectivity index (χ2v) is 8.66. The van der Waals surface area contributed by atoms with Crippen molar-refractivity contribution in [3.8, 4) is 0 Å². The molecular formula is C22H33N3O2. The Bertz CT molecular complexity index is 663. The summed E-state index contributed by atoms with van der Waals surface area (Å²) in [6.45, 7) is 10.9. The molecule has 27 heavy (non-hydrogen) atoms. The van der Waals surface area contributed by atoms with Crippen molar-refractivity contribution in [3.63, 3.8) is 0 Å². The van der Waals surface area contributed by atoms with Gasteiger partial charge in [0.1, 0.15) is 0 Å². The molecule has 0 spiro atoms. The van der Waals surface area contributed by atoms with Crippen molar-refractivity contribution in [2.24, 2.45) is 0 Å². The fourth-order valence-electron chi connectivity index (χ4n) is 4.00. The highest BCUT2D eigenvalue weighted by Crippen LogP contribution is 2.25. The van der Waals surface area contributed by atoms with Crippen LogP contribution in [0.3, 0.4) is 0 Å². The van der Waals surface area contributed by atoms with Gasteiger partial charge in [-0.15, -0.1) is 0 Å². The van der Waals surface area contributed by atoms with Crippen molar-refractivity contribution in [2.45, 2.75) is 64.5 Å². The van der Waals surface area contributed by atoms with Crippen LogP contribution >= 0.6 is 0 Å². The summed E-state index contributed by atoms with van der Waals surface area (Å²) in [6, 6.07) is 8.90. The van der Waals surface area contributed by atoms with Crippen molar-refractivity contribution in [1.29, 1.82) is 0 Å². The molecule has 1 aromatic rings. The third-order valence-corrected chi connectivity index (χ3v) is 6.01. The monoisotopic (exact) mass is 371 g/mol.